The van der Waals surface area contributed by atoms with Crippen LogP contribution in [0.2, 0.25) is 0 Å². The van der Waals surface area contributed by atoms with Crippen LogP contribution >= 0.6 is 0 Å². The minimum Gasteiger partial charge on any atom is -0.478 e. The van der Waals surface area contributed by atoms with Gasteiger partial charge in [-0.2, -0.15) is 4.98 Å². The number of hydrogen-bond acceptors (Lipinski definition) is 10. The summed E-state index contributed by atoms with van der Waals surface area (Å²) in [5, 5.41) is 19.7. The van der Waals surface area contributed by atoms with Crippen molar-refractivity contribution in [1.29, 1.82) is 0 Å². The number of carboxylic acid groups (broad SMARTS) is 1. The molecule has 1 aliphatic rings. The second-order valence-corrected chi connectivity index (χ2v) is 10.4. The molecular weight excluding hydrogens is 591 g/mol. The van der Waals surface area contributed by atoms with Gasteiger partial charge in [0, 0.05) is 12.6 Å². The SMILES string of the molecule is Cc1c(C(=O)O)ccc2c1CC[C@@H]2NC(=O)c1cc(C(=O)NCc2ccc(F)c(Nc3c(N)c(=O)c3=O)c2)n2[nH]c(=O)nc2n1. The normalized spacial score (nSPS) is 14.0. The minimum absolute atomic E-state index is 0.143. The lowest BCUT2D eigenvalue weighted by atomic mass is 9.98. The van der Waals surface area contributed by atoms with Crippen molar-refractivity contribution in [3.05, 3.63) is 112 Å². The van der Waals surface area contributed by atoms with Crippen LogP contribution in [0.1, 0.15) is 66.1 Å². The summed E-state index contributed by atoms with van der Waals surface area (Å²) in [4.78, 5) is 81.0. The van der Waals surface area contributed by atoms with Crippen LogP contribution < -0.4 is 38.2 Å². The molecule has 1 aliphatic carbocycles. The number of nitrogen functional groups attached to an aromatic ring is 1. The molecule has 3 aromatic carbocycles. The van der Waals surface area contributed by atoms with E-state index in [4.69, 9.17) is 5.73 Å². The van der Waals surface area contributed by atoms with Gasteiger partial charge in [-0.3, -0.25) is 19.2 Å². The Morgan fingerprint density at radius 2 is 1.87 bits per heavy atom. The lowest BCUT2D eigenvalue weighted by Gasteiger charge is -2.16. The largest absolute Gasteiger partial charge is 0.478 e. The number of aromatic carboxylic acids is 1. The number of carboxylic acids is 1. The molecule has 2 heterocycles. The van der Waals surface area contributed by atoms with Gasteiger partial charge in [-0.1, -0.05) is 12.1 Å². The van der Waals surface area contributed by atoms with E-state index in [0.717, 1.165) is 21.7 Å². The topological polar surface area (TPSA) is 231 Å². The van der Waals surface area contributed by atoms with Crippen LogP contribution in [0.15, 0.2) is 50.8 Å². The van der Waals surface area contributed by atoms with E-state index in [1.807, 2.05) is 0 Å². The molecule has 0 fully saturated rings. The molecule has 1 atom stereocenters. The fourth-order valence-corrected chi connectivity index (χ4v) is 5.38. The first-order valence-corrected chi connectivity index (χ1v) is 13.5. The summed E-state index contributed by atoms with van der Waals surface area (Å²) < 4.78 is 15.4. The number of aromatic amines is 1. The van der Waals surface area contributed by atoms with Crippen molar-refractivity contribution in [2.75, 3.05) is 11.1 Å². The number of nitrogens with two attached hydrogens (primary N) is 1. The summed E-state index contributed by atoms with van der Waals surface area (Å²) in [5.74, 6) is -3.39. The van der Waals surface area contributed by atoms with Gasteiger partial charge in [0.1, 0.15) is 28.6 Å². The first-order valence-electron chi connectivity index (χ1n) is 13.5. The van der Waals surface area contributed by atoms with Gasteiger partial charge >= 0.3 is 11.7 Å². The van der Waals surface area contributed by atoms with E-state index in [-0.39, 0.29) is 46.3 Å². The Labute approximate surface area is 250 Å². The maximum atomic E-state index is 14.4. The Kier molecular flexibility index (Phi) is 6.95. The predicted octanol–water partition coefficient (Wildman–Crippen LogP) is 0.832. The van der Waals surface area contributed by atoms with E-state index >= 15 is 0 Å². The van der Waals surface area contributed by atoms with Crippen molar-refractivity contribution in [2.24, 2.45) is 0 Å². The Bertz CT molecular complexity index is 2210. The number of anilines is 3. The maximum Gasteiger partial charge on any atom is 0.363 e. The number of benzene rings is 2. The number of carbonyl (C=O) groups is 3. The van der Waals surface area contributed by atoms with E-state index in [0.29, 0.717) is 24.0 Å². The summed E-state index contributed by atoms with van der Waals surface area (Å²) in [6.45, 7) is 1.58. The highest BCUT2D eigenvalue weighted by atomic mass is 19.1. The Balaban J connectivity index is 1.22. The predicted molar refractivity (Wildman–Crippen MR) is 157 cm³/mol. The first-order chi connectivity index (χ1) is 21.4. The monoisotopic (exact) mass is 614 g/mol. The number of nitrogens with one attached hydrogen (secondary N) is 4. The summed E-state index contributed by atoms with van der Waals surface area (Å²) in [6, 6.07) is 7.68. The van der Waals surface area contributed by atoms with Crippen LogP contribution in [-0.2, 0) is 13.0 Å². The minimum atomic E-state index is -1.04. The number of rotatable bonds is 8. The third-order valence-corrected chi connectivity index (χ3v) is 7.73. The molecule has 0 unspecified atom stereocenters. The third-order valence-electron chi connectivity index (χ3n) is 7.73. The van der Waals surface area contributed by atoms with Crippen molar-refractivity contribution in [1.82, 2.24) is 30.2 Å². The molecule has 0 saturated heterocycles. The van der Waals surface area contributed by atoms with Crippen LogP contribution in [0.5, 0.6) is 0 Å². The van der Waals surface area contributed by atoms with Gasteiger partial charge in [-0.15, -0.1) is 0 Å². The van der Waals surface area contributed by atoms with E-state index in [1.54, 1.807) is 13.0 Å². The average Bonchev–Trinajstić information content (AvgIpc) is 3.61. The summed E-state index contributed by atoms with van der Waals surface area (Å²) in [7, 11) is 0. The molecule has 0 radical (unpaired) electrons. The van der Waals surface area contributed by atoms with Crippen molar-refractivity contribution in [2.45, 2.75) is 32.4 Å². The molecule has 5 aromatic rings. The Morgan fingerprint density at radius 3 is 2.60 bits per heavy atom. The number of halogens is 1. The number of carbonyl (C=O) groups excluding carboxylic acids is 2. The summed E-state index contributed by atoms with van der Waals surface area (Å²) in [5.41, 5.74) is 4.73. The standard InChI is InChI=1S/C29H23FN8O7/c1-11-13-5-7-17(15(13)4-3-14(11)27(43)44)34-25(41)19-9-20(38-28(35-19)36-29(45)37-38)26(42)32-10-12-2-6-16(30)18(8-12)33-22-21(31)23(39)24(22)40/h2-4,6,8-9,17,33H,5,7,10,31H2,1H3,(H,32,42)(H,34,41)(H,37,45)(H,43,44)/t17-/m0/s1. The third kappa shape index (κ3) is 5.07. The molecule has 0 aliphatic heterocycles. The van der Waals surface area contributed by atoms with E-state index in [1.165, 1.54) is 24.3 Å². The van der Waals surface area contributed by atoms with Crippen LogP contribution in [0.4, 0.5) is 21.5 Å². The number of aromatic nitrogens is 4. The summed E-state index contributed by atoms with van der Waals surface area (Å²) in [6.07, 6.45) is 1.08. The maximum absolute atomic E-state index is 14.4. The van der Waals surface area contributed by atoms with Gasteiger partial charge in [0.15, 0.2) is 0 Å². The van der Waals surface area contributed by atoms with Crippen molar-refractivity contribution in [3.63, 3.8) is 0 Å². The fraction of sp³-hybridized carbons (Fsp3) is 0.172. The molecule has 0 saturated carbocycles. The van der Waals surface area contributed by atoms with Gasteiger partial charge < -0.3 is 26.8 Å². The van der Waals surface area contributed by atoms with Crippen molar-refractivity contribution < 1.29 is 23.9 Å². The molecule has 2 aromatic heterocycles. The highest BCUT2D eigenvalue weighted by Crippen LogP contribution is 2.35. The molecule has 6 rings (SSSR count). The fourth-order valence-electron chi connectivity index (χ4n) is 5.38. The van der Waals surface area contributed by atoms with E-state index in [9.17, 15) is 38.3 Å². The molecule has 45 heavy (non-hydrogen) atoms. The zero-order chi connectivity index (χ0) is 32.2. The van der Waals surface area contributed by atoms with Gasteiger partial charge in [-0.05, 0) is 60.2 Å². The molecule has 0 spiro atoms. The Hall–Kier alpha value is -6.19. The molecule has 2 amide bonds. The van der Waals surface area contributed by atoms with Crippen LogP contribution in [-0.4, -0.2) is 42.5 Å². The number of amides is 2. The first kappa shape index (κ1) is 28.9. The second kappa shape index (κ2) is 10.8. The average molecular weight is 615 g/mol. The second-order valence-electron chi connectivity index (χ2n) is 10.4. The van der Waals surface area contributed by atoms with Crippen LogP contribution in [0.25, 0.3) is 5.78 Å². The lowest BCUT2D eigenvalue weighted by molar-refractivity contribution is 0.0695. The quantitative estimate of drug-likeness (QED) is 0.134. The van der Waals surface area contributed by atoms with Crippen molar-refractivity contribution in [3.8, 4) is 0 Å². The number of fused-ring (bicyclic) bond motifs is 2. The van der Waals surface area contributed by atoms with Crippen molar-refractivity contribution >= 4 is 40.6 Å². The molecule has 15 nitrogen and oxygen atoms in total. The van der Waals surface area contributed by atoms with Gasteiger partial charge in [0.05, 0.1) is 17.3 Å². The van der Waals surface area contributed by atoms with Crippen LogP contribution in [0, 0.1) is 12.7 Å². The number of hydrogen-bond donors (Lipinski definition) is 6. The van der Waals surface area contributed by atoms with E-state index < -0.39 is 46.2 Å². The number of nitrogens with zero attached hydrogens (tertiary/aromatic N) is 3. The smallest absolute Gasteiger partial charge is 0.363 e. The van der Waals surface area contributed by atoms with E-state index in [2.05, 4.69) is 31.0 Å². The Morgan fingerprint density at radius 1 is 1.09 bits per heavy atom. The molecule has 7 N–H and O–H groups in total. The zero-order valence-corrected chi connectivity index (χ0v) is 23.4. The molecule has 228 valence electrons. The molecule has 0 bridgehead atoms. The zero-order valence-electron chi connectivity index (χ0n) is 23.4. The highest BCUT2D eigenvalue weighted by molar-refractivity contribution is 5.98. The van der Waals surface area contributed by atoms with Crippen LogP contribution in [0.3, 0.4) is 0 Å². The molecule has 16 heteroatoms. The van der Waals surface area contributed by atoms with Gasteiger partial charge in [0.25, 0.3) is 28.4 Å². The number of H-pyrrole nitrogens is 1. The highest BCUT2D eigenvalue weighted by Gasteiger charge is 2.29. The lowest BCUT2D eigenvalue weighted by Crippen LogP contribution is -2.36. The van der Waals surface area contributed by atoms with Gasteiger partial charge in [-0.25, -0.2) is 28.6 Å². The molecular formula is C29H23FN8O7. The van der Waals surface area contributed by atoms with Gasteiger partial charge in [0.2, 0.25) is 0 Å². The summed E-state index contributed by atoms with van der Waals surface area (Å²) >= 11 is 0.